The number of carbonyl (C=O) groups excluding carboxylic acids is 2. The number of piperazine rings is 1. The molecule has 0 aromatic heterocycles. The molecule has 1 aromatic carbocycles. The van der Waals surface area contributed by atoms with Crippen LogP contribution in [0.2, 0.25) is 0 Å². The van der Waals surface area contributed by atoms with Crippen LogP contribution in [0.15, 0.2) is 28.7 Å². The molecule has 1 N–H and O–H groups in total. The molecule has 0 aliphatic carbocycles. The fraction of sp³-hybridized carbons (Fsp3) is 0.500. The summed E-state index contributed by atoms with van der Waals surface area (Å²) < 4.78 is 0.881. The van der Waals surface area contributed by atoms with Crippen molar-refractivity contribution in [3.8, 4) is 0 Å². The normalized spacial score (nSPS) is 25.6. The zero-order chi connectivity index (χ0) is 15.7. The summed E-state index contributed by atoms with van der Waals surface area (Å²) in [5.41, 5.74) is 0.844. The van der Waals surface area contributed by atoms with Crippen LogP contribution < -0.4 is 10.2 Å². The first-order valence-corrected chi connectivity index (χ1v) is 8.43. The molecular formula is C16H20BrN3O2. The monoisotopic (exact) mass is 365 g/mol. The van der Waals surface area contributed by atoms with Gasteiger partial charge in [-0.25, -0.2) is 0 Å². The van der Waals surface area contributed by atoms with Crippen molar-refractivity contribution in [1.29, 1.82) is 0 Å². The summed E-state index contributed by atoms with van der Waals surface area (Å²) in [6.07, 6.45) is 0.302. The van der Waals surface area contributed by atoms with Crippen molar-refractivity contribution in [3.63, 3.8) is 0 Å². The molecule has 5 nitrogen and oxygen atoms in total. The molecule has 2 heterocycles. The summed E-state index contributed by atoms with van der Waals surface area (Å²) in [5, 5.41) is 3.28. The number of carbonyl (C=O) groups is 2. The number of nitrogens with one attached hydrogen (secondary N) is 1. The van der Waals surface area contributed by atoms with Gasteiger partial charge in [0.1, 0.15) is 0 Å². The van der Waals surface area contributed by atoms with Gasteiger partial charge in [0.25, 0.3) is 0 Å². The lowest BCUT2D eigenvalue weighted by atomic mass is 10.1. The van der Waals surface area contributed by atoms with E-state index in [1.807, 2.05) is 36.1 Å². The Morgan fingerprint density at radius 2 is 2.14 bits per heavy atom. The number of halogens is 1. The number of amides is 2. The molecule has 2 amide bonds. The molecule has 2 fully saturated rings. The molecule has 0 spiro atoms. The molecule has 2 saturated heterocycles. The lowest BCUT2D eigenvalue weighted by molar-refractivity contribution is -0.138. The van der Waals surface area contributed by atoms with Crippen LogP contribution in [0.4, 0.5) is 5.69 Å². The number of rotatable bonds is 2. The molecular weight excluding hydrogens is 346 g/mol. The smallest absolute Gasteiger partial charge is 0.228 e. The van der Waals surface area contributed by atoms with E-state index in [9.17, 15) is 9.59 Å². The highest BCUT2D eigenvalue weighted by molar-refractivity contribution is 9.10. The molecule has 0 radical (unpaired) electrons. The Hall–Kier alpha value is -1.40. The zero-order valence-corrected chi connectivity index (χ0v) is 14.2. The predicted octanol–water partition coefficient (Wildman–Crippen LogP) is 1.62. The van der Waals surface area contributed by atoms with Gasteiger partial charge in [0.05, 0.1) is 11.6 Å². The van der Waals surface area contributed by atoms with Crippen LogP contribution in [0, 0.1) is 5.92 Å². The topological polar surface area (TPSA) is 52.7 Å². The minimum Gasteiger partial charge on any atom is -0.337 e. The molecule has 1 aromatic rings. The second-order valence-electron chi connectivity index (χ2n) is 5.94. The number of nitrogens with zero attached hydrogens (tertiary/aromatic N) is 2. The summed E-state index contributed by atoms with van der Waals surface area (Å²) in [4.78, 5) is 28.7. The van der Waals surface area contributed by atoms with E-state index in [1.165, 1.54) is 0 Å². The van der Waals surface area contributed by atoms with E-state index >= 15 is 0 Å². The first kappa shape index (κ1) is 15.5. The van der Waals surface area contributed by atoms with E-state index in [2.05, 4.69) is 21.2 Å². The van der Waals surface area contributed by atoms with Gasteiger partial charge in [0.15, 0.2) is 0 Å². The first-order chi connectivity index (χ1) is 10.6. The fourth-order valence-electron chi connectivity index (χ4n) is 3.18. The van der Waals surface area contributed by atoms with Gasteiger partial charge >= 0.3 is 0 Å². The highest BCUT2D eigenvalue weighted by Crippen LogP contribution is 2.32. The van der Waals surface area contributed by atoms with Crippen molar-refractivity contribution in [3.05, 3.63) is 28.7 Å². The second-order valence-corrected chi connectivity index (χ2v) is 6.80. The van der Waals surface area contributed by atoms with Gasteiger partial charge < -0.3 is 15.1 Å². The number of hydrogen-bond acceptors (Lipinski definition) is 3. The third kappa shape index (κ3) is 2.90. The van der Waals surface area contributed by atoms with Crippen molar-refractivity contribution in [2.45, 2.75) is 19.4 Å². The molecule has 2 aliphatic rings. The quantitative estimate of drug-likeness (QED) is 0.866. The van der Waals surface area contributed by atoms with Gasteiger partial charge in [-0.05, 0) is 35.0 Å². The molecule has 22 heavy (non-hydrogen) atoms. The second kappa shape index (κ2) is 6.38. The van der Waals surface area contributed by atoms with Crippen LogP contribution >= 0.6 is 15.9 Å². The van der Waals surface area contributed by atoms with Gasteiger partial charge in [0.2, 0.25) is 11.8 Å². The Bertz CT molecular complexity index is 593. The molecule has 118 valence electrons. The third-order valence-electron chi connectivity index (χ3n) is 4.40. The van der Waals surface area contributed by atoms with E-state index in [-0.39, 0.29) is 23.8 Å². The zero-order valence-electron chi connectivity index (χ0n) is 12.6. The van der Waals surface area contributed by atoms with E-state index in [0.29, 0.717) is 13.0 Å². The lowest BCUT2D eigenvalue weighted by Gasteiger charge is -2.35. The maximum atomic E-state index is 12.7. The molecule has 0 saturated carbocycles. The molecule has 2 unspecified atom stereocenters. The highest BCUT2D eigenvalue weighted by atomic mass is 79.9. The van der Waals surface area contributed by atoms with Crippen LogP contribution in [0.1, 0.15) is 13.3 Å². The first-order valence-electron chi connectivity index (χ1n) is 7.64. The van der Waals surface area contributed by atoms with Gasteiger partial charge in [-0.3, -0.25) is 9.59 Å². The Balaban J connectivity index is 1.74. The maximum absolute atomic E-state index is 12.7. The SMILES string of the molecule is CC1CNCCN1C(=O)C1CC(=O)N(c2ccccc2Br)C1. The summed E-state index contributed by atoms with van der Waals surface area (Å²) in [6.45, 7) is 4.88. The number of anilines is 1. The van der Waals surface area contributed by atoms with Crippen molar-refractivity contribution >= 4 is 33.4 Å². The average molecular weight is 366 g/mol. The Labute approximate surface area is 138 Å². The van der Waals surface area contributed by atoms with Crippen LogP contribution in [0.5, 0.6) is 0 Å². The molecule has 2 aliphatic heterocycles. The van der Waals surface area contributed by atoms with Gasteiger partial charge in [0, 0.05) is 43.1 Å². The minimum absolute atomic E-state index is 0.0213. The average Bonchev–Trinajstić information content (AvgIpc) is 2.89. The summed E-state index contributed by atoms with van der Waals surface area (Å²) in [6, 6.07) is 7.83. The van der Waals surface area contributed by atoms with Crippen molar-refractivity contribution < 1.29 is 9.59 Å². The summed E-state index contributed by atoms with van der Waals surface area (Å²) >= 11 is 3.48. The lowest BCUT2D eigenvalue weighted by Crippen LogP contribution is -2.54. The summed E-state index contributed by atoms with van der Waals surface area (Å²) in [5.74, 6) is -0.106. The Kier molecular flexibility index (Phi) is 4.49. The van der Waals surface area contributed by atoms with E-state index in [0.717, 1.165) is 29.8 Å². The predicted molar refractivity (Wildman–Crippen MR) is 88.6 cm³/mol. The number of benzene rings is 1. The number of hydrogen-bond donors (Lipinski definition) is 1. The summed E-state index contributed by atoms with van der Waals surface area (Å²) in [7, 11) is 0. The van der Waals surface area contributed by atoms with Gasteiger partial charge in [-0.1, -0.05) is 12.1 Å². The van der Waals surface area contributed by atoms with Crippen LogP contribution in [0.3, 0.4) is 0 Å². The third-order valence-corrected chi connectivity index (χ3v) is 5.07. The van der Waals surface area contributed by atoms with E-state index in [4.69, 9.17) is 0 Å². The Morgan fingerprint density at radius 1 is 1.36 bits per heavy atom. The molecule has 6 heteroatoms. The van der Waals surface area contributed by atoms with Crippen molar-refractivity contribution in [2.75, 3.05) is 31.1 Å². The van der Waals surface area contributed by atoms with Crippen LogP contribution in [-0.4, -0.2) is 48.9 Å². The standard InChI is InChI=1S/C16H20BrN3O2/c1-11-9-18-6-7-19(11)16(22)12-8-15(21)20(10-12)14-5-3-2-4-13(14)17/h2-5,11-12,18H,6-10H2,1H3. The molecule has 3 rings (SSSR count). The highest BCUT2D eigenvalue weighted by Gasteiger charge is 2.39. The maximum Gasteiger partial charge on any atom is 0.228 e. The molecule has 2 atom stereocenters. The van der Waals surface area contributed by atoms with Crippen LogP contribution in [-0.2, 0) is 9.59 Å². The Morgan fingerprint density at radius 3 is 2.86 bits per heavy atom. The van der Waals surface area contributed by atoms with Crippen LogP contribution in [0.25, 0.3) is 0 Å². The largest absolute Gasteiger partial charge is 0.337 e. The van der Waals surface area contributed by atoms with Gasteiger partial charge in [-0.2, -0.15) is 0 Å². The van der Waals surface area contributed by atoms with E-state index < -0.39 is 0 Å². The fourth-order valence-corrected chi connectivity index (χ4v) is 3.68. The minimum atomic E-state index is -0.236. The van der Waals surface area contributed by atoms with Crippen molar-refractivity contribution in [2.24, 2.45) is 5.92 Å². The van der Waals surface area contributed by atoms with Crippen molar-refractivity contribution in [1.82, 2.24) is 10.2 Å². The van der Waals surface area contributed by atoms with E-state index in [1.54, 1.807) is 4.90 Å². The number of para-hydroxylation sites is 1. The molecule has 0 bridgehead atoms. The van der Waals surface area contributed by atoms with Gasteiger partial charge in [-0.15, -0.1) is 0 Å².